The summed E-state index contributed by atoms with van der Waals surface area (Å²) in [6.45, 7) is 2.90. The smallest absolute Gasteiger partial charge is 0.230 e. The fraction of sp³-hybridized carbons (Fsp3) is 0.500. The molecule has 1 aliphatic heterocycles. The van der Waals surface area contributed by atoms with Crippen LogP contribution in [-0.4, -0.2) is 50.8 Å². The molecule has 0 spiro atoms. The number of imidazole rings is 1. The summed E-state index contributed by atoms with van der Waals surface area (Å²) >= 11 is 0. The number of nitrogens with zero attached hydrogens (tertiary/aromatic N) is 6. The summed E-state index contributed by atoms with van der Waals surface area (Å²) in [6, 6.07) is 0. The molecule has 2 N–H and O–H groups in total. The Morgan fingerprint density at radius 1 is 1.25 bits per heavy atom. The van der Waals surface area contributed by atoms with Crippen LogP contribution in [0.15, 0.2) is 12.4 Å². The number of rotatable bonds is 3. The lowest BCUT2D eigenvalue weighted by Crippen LogP contribution is -2.37. The molecule has 0 aromatic carbocycles. The molecular formula is C12H17N7O. The maximum atomic E-state index is 5.79. The summed E-state index contributed by atoms with van der Waals surface area (Å²) in [4.78, 5) is 19.2. The van der Waals surface area contributed by atoms with E-state index in [0.29, 0.717) is 31.4 Å². The standard InChI is InChI=1S/C12H17N7O/c1-18-3-2-14-10(18)8-9-15-11(13)17-12(16-9)19-4-6-20-7-5-19/h2-3H,4-8H2,1H3,(H2,13,15,16,17). The number of hydrogen-bond donors (Lipinski definition) is 1. The van der Waals surface area contributed by atoms with E-state index in [9.17, 15) is 0 Å². The highest BCUT2D eigenvalue weighted by molar-refractivity contribution is 5.35. The highest BCUT2D eigenvalue weighted by atomic mass is 16.5. The first-order chi connectivity index (χ1) is 9.72. The van der Waals surface area contributed by atoms with Crippen molar-refractivity contribution in [3.05, 3.63) is 24.0 Å². The summed E-state index contributed by atoms with van der Waals surface area (Å²) in [5.41, 5.74) is 5.79. The van der Waals surface area contributed by atoms with Gasteiger partial charge >= 0.3 is 0 Å². The molecule has 0 unspecified atom stereocenters. The summed E-state index contributed by atoms with van der Waals surface area (Å²) in [7, 11) is 1.94. The quantitative estimate of drug-likeness (QED) is 0.815. The molecule has 106 valence electrons. The van der Waals surface area contributed by atoms with E-state index in [1.807, 2.05) is 17.8 Å². The zero-order valence-corrected chi connectivity index (χ0v) is 11.4. The van der Waals surface area contributed by atoms with Crippen LogP contribution in [0.5, 0.6) is 0 Å². The number of ether oxygens (including phenoxy) is 1. The van der Waals surface area contributed by atoms with Crippen molar-refractivity contribution in [2.24, 2.45) is 7.05 Å². The Bertz CT molecular complexity index is 591. The molecule has 1 saturated heterocycles. The van der Waals surface area contributed by atoms with Crippen LogP contribution in [0.25, 0.3) is 0 Å². The molecule has 3 heterocycles. The van der Waals surface area contributed by atoms with Gasteiger partial charge in [0, 0.05) is 32.5 Å². The van der Waals surface area contributed by atoms with Gasteiger partial charge in [-0.15, -0.1) is 0 Å². The molecular weight excluding hydrogens is 258 g/mol. The van der Waals surface area contributed by atoms with Gasteiger partial charge < -0.3 is 19.9 Å². The average molecular weight is 275 g/mol. The third-order valence-electron chi connectivity index (χ3n) is 3.22. The molecule has 3 rings (SSSR count). The van der Waals surface area contributed by atoms with Gasteiger partial charge in [-0.1, -0.05) is 0 Å². The minimum absolute atomic E-state index is 0.241. The van der Waals surface area contributed by atoms with Crippen molar-refractivity contribution < 1.29 is 4.74 Å². The van der Waals surface area contributed by atoms with E-state index in [-0.39, 0.29) is 5.95 Å². The van der Waals surface area contributed by atoms with Crippen LogP contribution >= 0.6 is 0 Å². The van der Waals surface area contributed by atoms with Gasteiger partial charge in [0.1, 0.15) is 11.6 Å². The molecule has 0 radical (unpaired) electrons. The number of morpholine rings is 1. The maximum Gasteiger partial charge on any atom is 0.230 e. The Morgan fingerprint density at radius 2 is 2.05 bits per heavy atom. The van der Waals surface area contributed by atoms with E-state index >= 15 is 0 Å². The topological polar surface area (TPSA) is 95.0 Å². The van der Waals surface area contributed by atoms with Crippen molar-refractivity contribution in [3.8, 4) is 0 Å². The van der Waals surface area contributed by atoms with E-state index in [1.165, 1.54) is 0 Å². The molecule has 0 bridgehead atoms. The number of aromatic nitrogens is 5. The van der Waals surface area contributed by atoms with E-state index in [1.54, 1.807) is 6.20 Å². The predicted octanol–water partition coefficient (Wildman–Crippen LogP) is -0.385. The van der Waals surface area contributed by atoms with Crippen LogP contribution in [0.1, 0.15) is 11.6 Å². The zero-order chi connectivity index (χ0) is 13.9. The second-order valence-electron chi connectivity index (χ2n) is 4.64. The van der Waals surface area contributed by atoms with E-state index < -0.39 is 0 Å². The summed E-state index contributed by atoms with van der Waals surface area (Å²) < 4.78 is 7.26. The largest absolute Gasteiger partial charge is 0.378 e. The van der Waals surface area contributed by atoms with Crippen molar-refractivity contribution >= 4 is 11.9 Å². The minimum Gasteiger partial charge on any atom is -0.378 e. The Labute approximate surface area is 116 Å². The van der Waals surface area contributed by atoms with Crippen molar-refractivity contribution in [1.82, 2.24) is 24.5 Å². The molecule has 0 atom stereocenters. The predicted molar refractivity (Wildman–Crippen MR) is 73.3 cm³/mol. The summed E-state index contributed by atoms with van der Waals surface area (Å²) in [5, 5.41) is 0. The van der Waals surface area contributed by atoms with Crippen LogP contribution in [0.2, 0.25) is 0 Å². The van der Waals surface area contributed by atoms with Gasteiger partial charge in [0.15, 0.2) is 0 Å². The fourth-order valence-corrected chi connectivity index (χ4v) is 2.12. The lowest BCUT2D eigenvalue weighted by Gasteiger charge is -2.26. The lowest BCUT2D eigenvalue weighted by atomic mass is 10.4. The number of aryl methyl sites for hydroxylation is 1. The van der Waals surface area contributed by atoms with Crippen LogP contribution in [0, 0.1) is 0 Å². The Balaban J connectivity index is 1.84. The summed E-state index contributed by atoms with van der Waals surface area (Å²) in [6.07, 6.45) is 4.18. The SMILES string of the molecule is Cn1ccnc1Cc1nc(N)nc(N2CCOCC2)n1. The van der Waals surface area contributed by atoms with Crippen LogP contribution in [-0.2, 0) is 18.2 Å². The molecule has 1 fully saturated rings. The fourth-order valence-electron chi connectivity index (χ4n) is 2.12. The van der Waals surface area contributed by atoms with Crippen molar-refractivity contribution in [2.75, 3.05) is 36.9 Å². The first-order valence-corrected chi connectivity index (χ1v) is 6.51. The minimum atomic E-state index is 0.241. The van der Waals surface area contributed by atoms with Gasteiger partial charge in [-0.25, -0.2) is 4.98 Å². The van der Waals surface area contributed by atoms with Crippen LogP contribution in [0.4, 0.5) is 11.9 Å². The third kappa shape index (κ3) is 2.69. The van der Waals surface area contributed by atoms with E-state index in [2.05, 4.69) is 24.8 Å². The maximum absolute atomic E-state index is 5.79. The molecule has 1 aliphatic rings. The van der Waals surface area contributed by atoms with E-state index in [0.717, 1.165) is 18.9 Å². The number of nitrogens with two attached hydrogens (primary N) is 1. The first-order valence-electron chi connectivity index (χ1n) is 6.51. The molecule has 2 aromatic heterocycles. The van der Waals surface area contributed by atoms with Gasteiger partial charge in [0.25, 0.3) is 0 Å². The van der Waals surface area contributed by atoms with Crippen molar-refractivity contribution in [1.29, 1.82) is 0 Å². The molecule has 8 heteroatoms. The van der Waals surface area contributed by atoms with Gasteiger partial charge in [-0.2, -0.15) is 15.0 Å². The highest BCUT2D eigenvalue weighted by Crippen LogP contribution is 2.12. The lowest BCUT2D eigenvalue weighted by molar-refractivity contribution is 0.122. The Morgan fingerprint density at radius 3 is 2.75 bits per heavy atom. The number of nitrogen functional groups attached to an aromatic ring is 1. The van der Waals surface area contributed by atoms with Crippen molar-refractivity contribution in [2.45, 2.75) is 6.42 Å². The van der Waals surface area contributed by atoms with Crippen molar-refractivity contribution in [3.63, 3.8) is 0 Å². The van der Waals surface area contributed by atoms with Gasteiger partial charge in [-0.3, -0.25) is 0 Å². The van der Waals surface area contributed by atoms with Gasteiger partial charge in [0.05, 0.1) is 19.6 Å². The molecule has 0 amide bonds. The van der Waals surface area contributed by atoms with Crippen LogP contribution in [0.3, 0.4) is 0 Å². The molecule has 20 heavy (non-hydrogen) atoms. The third-order valence-corrected chi connectivity index (χ3v) is 3.22. The highest BCUT2D eigenvalue weighted by Gasteiger charge is 2.16. The molecule has 0 aliphatic carbocycles. The van der Waals surface area contributed by atoms with Crippen LogP contribution < -0.4 is 10.6 Å². The van der Waals surface area contributed by atoms with Gasteiger partial charge in [-0.05, 0) is 0 Å². The van der Waals surface area contributed by atoms with E-state index in [4.69, 9.17) is 10.5 Å². The number of hydrogen-bond acceptors (Lipinski definition) is 7. The second-order valence-corrected chi connectivity index (χ2v) is 4.64. The zero-order valence-electron chi connectivity index (χ0n) is 11.4. The second kappa shape index (κ2) is 5.41. The Kier molecular flexibility index (Phi) is 3.46. The molecule has 8 nitrogen and oxygen atoms in total. The monoisotopic (exact) mass is 275 g/mol. The first kappa shape index (κ1) is 12.8. The Hall–Kier alpha value is -2.22. The molecule has 2 aromatic rings. The molecule has 0 saturated carbocycles. The summed E-state index contributed by atoms with van der Waals surface area (Å²) in [5.74, 6) is 2.38. The number of anilines is 2. The average Bonchev–Trinajstić information content (AvgIpc) is 2.85. The normalized spacial score (nSPS) is 15.6. The van der Waals surface area contributed by atoms with Gasteiger partial charge in [0.2, 0.25) is 11.9 Å².